The molecule has 2 aromatic carbocycles. The Morgan fingerprint density at radius 1 is 0.967 bits per heavy atom. The smallest absolute Gasteiger partial charge is 0.253 e. The first-order valence-corrected chi connectivity index (χ1v) is 10.6. The van der Waals surface area contributed by atoms with E-state index in [9.17, 15) is 4.79 Å². The summed E-state index contributed by atoms with van der Waals surface area (Å²) >= 11 is 0. The molecule has 3 heterocycles. The maximum atomic E-state index is 13.0. The van der Waals surface area contributed by atoms with Gasteiger partial charge in [-0.3, -0.25) is 4.79 Å². The predicted octanol–water partition coefficient (Wildman–Crippen LogP) is 4.69. The van der Waals surface area contributed by atoms with Crippen LogP contribution in [0.1, 0.15) is 29.0 Å². The van der Waals surface area contributed by atoms with Gasteiger partial charge in [-0.2, -0.15) is 0 Å². The van der Waals surface area contributed by atoms with E-state index in [2.05, 4.69) is 34.7 Å². The summed E-state index contributed by atoms with van der Waals surface area (Å²) < 4.78 is 4.37. The molecule has 0 unspecified atom stereocenters. The maximum Gasteiger partial charge on any atom is 0.253 e. The zero-order valence-electron chi connectivity index (χ0n) is 17.2. The Balaban J connectivity index is 1.22. The molecule has 4 aromatic rings. The van der Waals surface area contributed by atoms with Crippen LogP contribution < -0.4 is 0 Å². The number of benzene rings is 2. The Hall–Kier alpha value is -3.34. The summed E-state index contributed by atoms with van der Waals surface area (Å²) in [6.45, 7) is 4.68. The van der Waals surface area contributed by atoms with E-state index in [-0.39, 0.29) is 5.91 Å². The van der Waals surface area contributed by atoms with Gasteiger partial charge in [0.15, 0.2) is 0 Å². The second-order valence-corrected chi connectivity index (χ2v) is 8.13. The molecule has 0 radical (unpaired) electrons. The van der Waals surface area contributed by atoms with Crippen molar-refractivity contribution in [2.45, 2.75) is 26.3 Å². The molecule has 1 aliphatic heterocycles. The number of hydrogen-bond donors (Lipinski definition) is 0. The molecule has 1 saturated heterocycles. The summed E-state index contributed by atoms with van der Waals surface area (Å²) in [7, 11) is 0. The highest BCUT2D eigenvalue weighted by Gasteiger charge is 2.24. The highest BCUT2D eigenvalue weighted by Crippen LogP contribution is 2.24. The summed E-state index contributed by atoms with van der Waals surface area (Å²) in [6.07, 6.45) is 6.07. The molecule has 1 fully saturated rings. The summed E-state index contributed by atoms with van der Waals surface area (Å²) in [5.74, 6) is 1.77. The molecule has 0 spiro atoms. The van der Waals surface area contributed by atoms with Crippen molar-refractivity contribution in [3.05, 3.63) is 84.4 Å². The zero-order chi connectivity index (χ0) is 20.5. The number of hydrogen-bond acceptors (Lipinski definition) is 2. The van der Waals surface area contributed by atoms with Crippen LogP contribution in [0.4, 0.5) is 0 Å². The van der Waals surface area contributed by atoms with Gasteiger partial charge in [-0.1, -0.05) is 12.1 Å². The van der Waals surface area contributed by atoms with Gasteiger partial charge < -0.3 is 14.0 Å². The molecule has 0 aliphatic carbocycles. The number of piperidine rings is 1. The van der Waals surface area contributed by atoms with E-state index in [0.717, 1.165) is 55.1 Å². The largest absolute Gasteiger partial charge is 0.339 e. The van der Waals surface area contributed by atoms with Crippen molar-refractivity contribution in [3.8, 4) is 5.69 Å². The number of amides is 1. The number of likely N-dealkylation sites (tertiary alicyclic amines) is 1. The summed E-state index contributed by atoms with van der Waals surface area (Å²) in [6, 6.07) is 20.2. The van der Waals surface area contributed by atoms with E-state index in [1.807, 2.05) is 64.3 Å². The SMILES string of the molecule is Cc1nc2ccccc2n1CC1CCN(C(=O)c2ccc(-n3cccc3)cc2)CC1. The van der Waals surface area contributed by atoms with Crippen molar-refractivity contribution >= 4 is 16.9 Å². The number of imidazole rings is 1. The summed E-state index contributed by atoms with van der Waals surface area (Å²) in [5.41, 5.74) is 4.10. The molecule has 0 atom stereocenters. The van der Waals surface area contributed by atoms with E-state index < -0.39 is 0 Å². The number of fused-ring (bicyclic) bond motifs is 1. The van der Waals surface area contributed by atoms with Crippen LogP contribution in [0.5, 0.6) is 0 Å². The number of nitrogens with zero attached hydrogens (tertiary/aromatic N) is 4. The summed E-state index contributed by atoms with van der Waals surface area (Å²) in [4.78, 5) is 19.6. The van der Waals surface area contributed by atoms with Gasteiger partial charge in [-0.15, -0.1) is 0 Å². The van der Waals surface area contributed by atoms with Gasteiger partial charge in [0, 0.05) is 43.3 Å². The van der Waals surface area contributed by atoms with E-state index in [4.69, 9.17) is 0 Å². The van der Waals surface area contributed by atoms with Crippen molar-refractivity contribution in [1.29, 1.82) is 0 Å². The summed E-state index contributed by atoms with van der Waals surface area (Å²) in [5, 5.41) is 0. The fourth-order valence-corrected chi connectivity index (χ4v) is 4.47. The Labute approximate surface area is 176 Å². The van der Waals surface area contributed by atoms with Crippen LogP contribution >= 0.6 is 0 Å². The average molecular weight is 399 g/mol. The Morgan fingerprint density at radius 2 is 1.67 bits per heavy atom. The Bertz CT molecular complexity index is 1150. The van der Waals surface area contributed by atoms with Gasteiger partial charge in [0.05, 0.1) is 11.0 Å². The van der Waals surface area contributed by atoms with Gasteiger partial charge in [-0.05, 0) is 74.2 Å². The van der Waals surface area contributed by atoms with Crippen LogP contribution in [0.15, 0.2) is 73.1 Å². The lowest BCUT2D eigenvalue weighted by molar-refractivity contribution is 0.0683. The predicted molar refractivity (Wildman–Crippen MR) is 119 cm³/mol. The fraction of sp³-hybridized carbons (Fsp3) is 0.280. The average Bonchev–Trinajstić information content (AvgIpc) is 3.43. The van der Waals surface area contributed by atoms with Crippen LogP contribution in [0.2, 0.25) is 0 Å². The van der Waals surface area contributed by atoms with E-state index in [0.29, 0.717) is 5.92 Å². The number of aromatic nitrogens is 3. The van der Waals surface area contributed by atoms with E-state index >= 15 is 0 Å². The second-order valence-electron chi connectivity index (χ2n) is 8.13. The minimum absolute atomic E-state index is 0.136. The monoisotopic (exact) mass is 398 g/mol. The van der Waals surface area contributed by atoms with Gasteiger partial charge in [0.1, 0.15) is 5.82 Å². The van der Waals surface area contributed by atoms with Crippen LogP contribution in [0, 0.1) is 12.8 Å². The maximum absolute atomic E-state index is 13.0. The second kappa shape index (κ2) is 7.82. The lowest BCUT2D eigenvalue weighted by Gasteiger charge is -2.32. The molecule has 1 amide bonds. The Morgan fingerprint density at radius 3 is 2.40 bits per heavy atom. The third kappa shape index (κ3) is 3.52. The lowest BCUT2D eigenvalue weighted by atomic mass is 9.96. The first-order valence-electron chi connectivity index (χ1n) is 10.6. The number of para-hydroxylation sites is 2. The van der Waals surface area contributed by atoms with Crippen LogP contribution in [-0.2, 0) is 6.54 Å². The molecule has 5 nitrogen and oxygen atoms in total. The van der Waals surface area contributed by atoms with Crippen molar-refractivity contribution in [3.63, 3.8) is 0 Å². The lowest BCUT2D eigenvalue weighted by Crippen LogP contribution is -2.39. The molecule has 30 heavy (non-hydrogen) atoms. The fourth-order valence-electron chi connectivity index (χ4n) is 4.47. The van der Waals surface area contributed by atoms with Gasteiger partial charge in [0.2, 0.25) is 0 Å². The highest BCUT2D eigenvalue weighted by molar-refractivity contribution is 5.94. The van der Waals surface area contributed by atoms with E-state index in [1.165, 1.54) is 5.52 Å². The van der Waals surface area contributed by atoms with Crippen LogP contribution in [0.25, 0.3) is 16.7 Å². The Kier molecular flexibility index (Phi) is 4.87. The number of carbonyl (C=O) groups is 1. The first-order chi connectivity index (χ1) is 14.7. The molecule has 2 aromatic heterocycles. The molecule has 152 valence electrons. The van der Waals surface area contributed by atoms with Crippen LogP contribution in [0.3, 0.4) is 0 Å². The molecular formula is C25H26N4O. The third-order valence-electron chi connectivity index (χ3n) is 6.20. The van der Waals surface area contributed by atoms with E-state index in [1.54, 1.807) is 0 Å². The van der Waals surface area contributed by atoms with Crippen molar-refractivity contribution < 1.29 is 4.79 Å². The molecule has 0 saturated carbocycles. The minimum atomic E-state index is 0.136. The third-order valence-corrected chi connectivity index (χ3v) is 6.20. The van der Waals surface area contributed by atoms with Crippen LogP contribution in [-0.4, -0.2) is 38.0 Å². The van der Waals surface area contributed by atoms with Gasteiger partial charge >= 0.3 is 0 Å². The molecular weight excluding hydrogens is 372 g/mol. The normalized spacial score (nSPS) is 15.0. The molecule has 5 heteroatoms. The number of carbonyl (C=O) groups excluding carboxylic acids is 1. The highest BCUT2D eigenvalue weighted by atomic mass is 16.2. The van der Waals surface area contributed by atoms with Gasteiger partial charge in [-0.25, -0.2) is 4.98 Å². The first kappa shape index (κ1) is 18.7. The molecule has 0 bridgehead atoms. The van der Waals surface area contributed by atoms with Crippen molar-refractivity contribution in [2.24, 2.45) is 5.92 Å². The standard InChI is InChI=1S/C25H26N4O/c1-19-26-23-6-2-3-7-24(23)29(19)18-20-12-16-28(17-13-20)25(30)21-8-10-22(11-9-21)27-14-4-5-15-27/h2-11,14-15,20H,12-13,16-18H2,1H3. The molecule has 5 rings (SSSR count). The zero-order valence-corrected chi connectivity index (χ0v) is 17.2. The van der Waals surface area contributed by atoms with Gasteiger partial charge in [0.25, 0.3) is 5.91 Å². The number of rotatable bonds is 4. The van der Waals surface area contributed by atoms with Crippen molar-refractivity contribution in [1.82, 2.24) is 19.0 Å². The quantitative estimate of drug-likeness (QED) is 0.501. The number of aryl methyl sites for hydroxylation is 1. The molecule has 1 aliphatic rings. The minimum Gasteiger partial charge on any atom is -0.339 e. The van der Waals surface area contributed by atoms with Crippen molar-refractivity contribution in [2.75, 3.05) is 13.1 Å². The topological polar surface area (TPSA) is 43.1 Å². The molecule has 0 N–H and O–H groups in total.